The van der Waals surface area contributed by atoms with Crippen LogP contribution in [0, 0.1) is 20.8 Å². The first-order valence-corrected chi connectivity index (χ1v) is 23.8. The highest BCUT2D eigenvalue weighted by molar-refractivity contribution is 6.34. The van der Waals surface area contributed by atoms with Crippen molar-refractivity contribution < 1.29 is 0 Å². The zero-order chi connectivity index (χ0) is 46.8. The van der Waals surface area contributed by atoms with Crippen LogP contribution in [0.25, 0.3) is 43.1 Å². The van der Waals surface area contributed by atoms with Crippen molar-refractivity contribution in [1.29, 1.82) is 0 Å². The van der Waals surface area contributed by atoms with Gasteiger partial charge >= 0.3 is 0 Å². The Balaban J connectivity index is 1.16. The van der Waals surface area contributed by atoms with E-state index in [0.717, 1.165) is 39.7 Å². The molecule has 2 atom stereocenters. The lowest BCUT2D eigenvalue weighted by molar-refractivity contribution is 0.858. The van der Waals surface area contributed by atoms with Gasteiger partial charge < -0.3 is 14.7 Å². The largest absolute Gasteiger partial charge is 0.331 e. The Bertz CT molecular complexity index is 3400. The predicted molar refractivity (Wildman–Crippen MR) is 293 cm³/mol. The Kier molecular flexibility index (Phi) is 11.1. The first-order chi connectivity index (χ1) is 32.3. The molecule has 0 aliphatic heterocycles. The zero-order valence-electron chi connectivity index (χ0n) is 40.8. The second kappa shape index (κ2) is 17.1. The predicted octanol–water partition coefficient (Wildman–Crippen LogP) is 18.1. The lowest BCUT2D eigenvalue weighted by atomic mass is 9.89. The zero-order valence-corrected chi connectivity index (χ0v) is 40.8. The smallest absolute Gasteiger partial charge is 0.0741 e. The normalized spacial score (nSPS) is 16.5. The highest BCUT2D eigenvalue weighted by Crippen LogP contribution is 2.48. The molecule has 0 fully saturated rings. The third-order valence-corrected chi connectivity index (χ3v) is 14.3. The maximum Gasteiger partial charge on any atom is 0.0741 e. The first-order valence-electron chi connectivity index (χ1n) is 23.8. The molecule has 2 unspecified atom stereocenters. The van der Waals surface area contributed by atoms with Gasteiger partial charge in [0.2, 0.25) is 0 Å². The van der Waals surface area contributed by atoms with Crippen molar-refractivity contribution in [3.63, 3.8) is 0 Å². The highest BCUT2D eigenvalue weighted by atomic mass is 15.2. The van der Waals surface area contributed by atoms with E-state index in [9.17, 15) is 0 Å². The van der Waals surface area contributed by atoms with Gasteiger partial charge in [-0.3, -0.25) is 0 Å². The first kappa shape index (κ1) is 43.5. The number of allylic oxidation sites excluding steroid dienone is 8. The van der Waals surface area contributed by atoms with Crippen molar-refractivity contribution in [2.45, 2.75) is 81.3 Å². The van der Waals surface area contributed by atoms with E-state index >= 15 is 0 Å². The number of anilines is 6. The molecule has 3 heteroatoms. The second-order valence-electron chi connectivity index (χ2n) is 19.2. The second-order valence-corrected chi connectivity index (χ2v) is 19.2. The highest BCUT2D eigenvalue weighted by Gasteiger charge is 2.29. The molecule has 2 aliphatic rings. The van der Waals surface area contributed by atoms with E-state index in [2.05, 4.69) is 248 Å². The fourth-order valence-electron chi connectivity index (χ4n) is 11.2. The Labute approximate surface area is 397 Å². The Morgan fingerprint density at radius 1 is 0.537 bits per heavy atom. The summed E-state index contributed by atoms with van der Waals surface area (Å²) in [6, 6.07) is 48.3. The number of rotatable bonds is 11. The molecule has 332 valence electrons. The molecular formula is C64H61N3. The summed E-state index contributed by atoms with van der Waals surface area (Å²) in [6.07, 6.45) is 13.8. The topological polar surface area (TPSA) is 9.72 Å². The van der Waals surface area contributed by atoms with Crippen molar-refractivity contribution in [1.82, 2.24) is 0 Å². The van der Waals surface area contributed by atoms with Crippen LogP contribution in [0.1, 0.15) is 65.2 Å². The molecule has 8 aromatic carbocycles. The van der Waals surface area contributed by atoms with Crippen LogP contribution in [0.5, 0.6) is 0 Å². The number of aryl methyl sites for hydroxylation is 3. The minimum absolute atomic E-state index is 0.0739. The summed E-state index contributed by atoms with van der Waals surface area (Å²) in [7, 11) is 0. The van der Waals surface area contributed by atoms with Crippen LogP contribution >= 0.6 is 0 Å². The summed E-state index contributed by atoms with van der Waals surface area (Å²) < 4.78 is 0. The molecule has 0 bridgehead atoms. The minimum atomic E-state index is 0.0739. The van der Waals surface area contributed by atoms with Crippen LogP contribution < -0.4 is 14.7 Å². The van der Waals surface area contributed by atoms with Gasteiger partial charge in [0, 0.05) is 39.5 Å². The number of benzene rings is 8. The number of hydrogen-bond donors (Lipinski definition) is 0. The van der Waals surface area contributed by atoms with Gasteiger partial charge in [0.15, 0.2) is 0 Å². The summed E-state index contributed by atoms with van der Waals surface area (Å²) in [5.74, 6) is 0. The Morgan fingerprint density at radius 3 is 1.58 bits per heavy atom. The van der Waals surface area contributed by atoms with Crippen molar-refractivity contribution in [3.05, 3.63) is 226 Å². The molecule has 0 saturated carbocycles. The monoisotopic (exact) mass is 871 g/mol. The van der Waals surface area contributed by atoms with Crippen LogP contribution in [-0.4, -0.2) is 12.1 Å². The summed E-state index contributed by atoms with van der Waals surface area (Å²) in [5, 5.41) is 10.3. The molecular weight excluding hydrogens is 811 g/mol. The summed E-state index contributed by atoms with van der Waals surface area (Å²) >= 11 is 0. The van der Waals surface area contributed by atoms with Gasteiger partial charge in [0.25, 0.3) is 0 Å². The fourth-order valence-corrected chi connectivity index (χ4v) is 11.2. The van der Waals surface area contributed by atoms with Gasteiger partial charge in [-0.25, -0.2) is 0 Å². The van der Waals surface area contributed by atoms with Crippen molar-refractivity contribution in [3.8, 4) is 0 Å². The van der Waals surface area contributed by atoms with Crippen LogP contribution in [0.2, 0.25) is 0 Å². The van der Waals surface area contributed by atoms with Gasteiger partial charge in [-0.2, -0.15) is 0 Å². The molecule has 2 aliphatic carbocycles. The average Bonchev–Trinajstić information content (AvgIpc) is 3.84. The molecule has 10 rings (SSSR count). The van der Waals surface area contributed by atoms with Gasteiger partial charge in [-0.05, 0) is 189 Å². The van der Waals surface area contributed by atoms with E-state index in [1.54, 1.807) is 0 Å². The molecule has 0 N–H and O–H groups in total. The maximum atomic E-state index is 4.72. The minimum Gasteiger partial charge on any atom is -0.331 e. The quantitative estimate of drug-likeness (QED) is 0.0728. The molecule has 0 amide bonds. The van der Waals surface area contributed by atoms with E-state index in [1.165, 1.54) is 93.3 Å². The molecule has 67 heavy (non-hydrogen) atoms. The van der Waals surface area contributed by atoms with Crippen molar-refractivity contribution >= 4 is 77.2 Å². The maximum absolute atomic E-state index is 4.72. The molecule has 0 radical (unpaired) electrons. The standard InChI is InChI=1S/C64H61N3/c1-12-39(2)32-43(6)48(11)65(60-37-41(4)33-44(60)7)50-22-24-51(25-23-50)66(59-31-30-57-55-19-14-17-49-16-13-18-54(62(49)55)56-20-15-21-58(59)63(56)57)52-26-28-53(29-27-52)67(61-38-42(5)34-45(61)8)64-46(9)35-40(3)36-47(64)10/h12-38,60-61H,11H2,1-10H3/b39-12-,43-32-. The van der Waals surface area contributed by atoms with Crippen LogP contribution in [0.3, 0.4) is 0 Å². The van der Waals surface area contributed by atoms with E-state index in [1.807, 2.05) is 0 Å². The summed E-state index contributed by atoms with van der Waals surface area (Å²) in [6.45, 7) is 26.7. The third-order valence-electron chi connectivity index (χ3n) is 14.3. The van der Waals surface area contributed by atoms with Gasteiger partial charge in [0.1, 0.15) is 0 Å². The van der Waals surface area contributed by atoms with Crippen LogP contribution in [0.15, 0.2) is 210 Å². The SMILES string of the molecule is C=C(/C(C)=C\C(C)=C/C)N(c1ccc(N(c2ccc(N(c3c(C)cc(C)cc3C)C3C=C(C)C=C3C)cc2)c2ccc3c4cccc5cccc(c6cccc2c63)c54)cc1)C1C=C(C)C=C1C. The van der Waals surface area contributed by atoms with Gasteiger partial charge in [0.05, 0.1) is 17.8 Å². The van der Waals surface area contributed by atoms with Gasteiger partial charge in [-0.15, -0.1) is 0 Å². The Morgan fingerprint density at radius 2 is 1.03 bits per heavy atom. The van der Waals surface area contributed by atoms with E-state index in [0.29, 0.717) is 0 Å². The molecule has 0 heterocycles. The number of nitrogens with zero attached hydrogens (tertiary/aromatic N) is 3. The van der Waals surface area contributed by atoms with Gasteiger partial charge in [-0.1, -0.05) is 138 Å². The van der Waals surface area contributed by atoms with E-state index < -0.39 is 0 Å². The lowest BCUT2D eigenvalue weighted by Crippen LogP contribution is -2.33. The van der Waals surface area contributed by atoms with Crippen LogP contribution in [-0.2, 0) is 0 Å². The number of fused-ring (bicyclic) bond motifs is 2. The summed E-state index contributed by atoms with van der Waals surface area (Å²) in [4.78, 5) is 7.40. The number of hydrogen-bond acceptors (Lipinski definition) is 3. The Hall–Kier alpha value is -7.36. The van der Waals surface area contributed by atoms with E-state index in [4.69, 9.17) is 6.58 Å². The third kappa shape index (κ3) is 7.57. The molecule has 0 aromatic heterocycles. The molecule has 3 nitrogen and oxygen atoms in total. The van der Waals surface area contributed by atoms with Crippen molar-refractivity contribution in [2.75, 3.05) is 14.7 Å². The van der Waals surface area contributed by atoms with Crippen LogP contribution in [0.4, 0.5) is 34.1 Å². The molecule has 0 saturated heterocycles. The summed E-state index contributed by atoms with van der Waals surface area (Å²) in [5.41, 5.74) is 19.3. The average molecular weight is 872 g/mol. The molecule has 0 spiro atoms. The molecule has 8 aromatic rings. The lowest BCUT2D eigenvalue weighted by Gasteiger charge is -2.35. The van der Waals surface area contributed by atoms with E-state index in [-0.39, 0.29) is 12.1 Å². The fraction of sp³-hybridized carbons (Fsp3) is 0.188. The van der Waals surface area contributed by atoms with Crippen molar-refractivity contribution in [2.24, 2.45) is 0 Å².